The van der Waals surface area contributed by atoms with E-state index in [4.69, 9.17) is 0 Å². The van der Waals surface area contributed by atoms with Crippen molar-refractivity contribution in [2.75, 3.05) is 7.05 Å². The molecule has 1 nitrogen and oxygen atoms in total. The maximum atomic E-state index is 3.32. The zero-order valence-electron chi connectivity index (χ0n) is 13.6. The fourth-order valence-corrected chi connectivity index (χ4v) is 3.27. The lowest BCUT2D eigenvalue weighted by Crippen LogP contribution is -2.13. The maximum Gasteiger partial charge on any atom is 0.0300 e. The molecule has 0 saturated heterocycles. The van der Waals surface area contributed by atoms with E-state index in [0.29, 0.717) is 6.04 Å². The summed E-state index contributed by atoms with van der Waals surface area (Å²) in [6, 6.07) is 17.9. The van der Waals surface area contributed by atoms with Crippen LogP contribution in [0, 0.1) is 0 Å². The van der Waals surface area contributed by atoms with Gasteiger partial charge in [-0.1, -0.05) is 62.9 Å². The second-order valence-electron chi connectivity index (χ2n) is 6.42. The molecule has 21 heavy (non-hydrogen) atoms. The summed E-state index contributed by atoms with van der Waals surface area (Å²) in [5.41, 5.74) is 2.94. The van der Waals surface area contributed by atoms with E-state index in [1.165, 1.54) is 20.9 Å². The molecule has 1 N–H and O–H groups in total. The lowest BCUT2D eigenvalue weighted by Gasteiger charge is -2.19. The Bertz CT molecular complexity index is 581. The summed E-state index contributed by atoms with van der Waals surface area (Å²) in [6.45, 7) is 8.94. The minimum absolute atomic E-state index is 0.210. The first-order chi connectivity index (χ1) is 9.91. The Morgan fingerprint density at radius 2 is 1.57 bits per heavy atom. The van der Waals surface area contributed by atoms with E-state index < -0.39 is 0 Å². The van der Waals surface area contributed by atoms with Gasteiger partial charge in [0.2, 0.25) is 0 Å². The predicted octanol–water partition coefficient (Wildman–Crippen LogP) is 5.42. The van der Waals surface area contributed by atoms with Crippen LogP contribution >= 0.6 is 11.8 Å². The first kappa shape index (κ1) is 16.1. The summed E-state index contributed by atoms with van der Waals surface area (Å²) in [4.78, 5) is 2.61. The molecule has 2 heteroatoms. The molecule has 0 aliphatic heterocycles. The largest absolute Gasteiger partial charge is 0.313 e. The summed E-state index contributed by atoms with van der Waals surface area (Å²) in [5, 5.41) is 3.32. The van der Waals surface area contributed by atoms with Crippen molar-refractivity contribution in [2.24, 2.45) is 0 Å². The van der Waals surface area contributed by atoms with Crippen molar-refractivity contribution >= 4 is 11.8 Å². The standard InChI is InChI=1S/C19H25NS/c1-14(20-5)17-8-6-7-9-18(17)21-16-12-10-15(11-13-16)19(2,3)4/h6-14,20H,1-5H3. The predicted molar refractivity (Wildman–Crippen MR) is 93.2 cm³/mol. The van der Waals surface area contributed by atoms with Crippen LogP contribution in [0.15, 0.2) is 58.3 Å². The molecule has 1 unspecified atom stereocenters. The van der Waals surface area contributed by atoms with Crippen molar-refractivity contribution in [2.45, 2.75) is 48.9 Å². The van der Waals surface area contributed by atoms with Crippen LogP contribution in [0.2, 0.25) is 0 Å². The topological polar surface area (TPSA) is 12.0 Å². The quantitative estimate of drug-likeness (QED) is 0.809. The van der Waals surface area contributed by atoms with Crippen LogP contribution in [-0.4, -0.2) is 7.05 Å². The highest BCUT2D eigenvalue weighted by molar-refractivity contribution is 7.99. The molecule has 0 radical (unpaired) electrons. The van der Waals surface area contributed by atoms with Gasteiger partial charge in [-0.25, -0.2) is 0 Å². The summed E-state index contributed by atoms with van der Waals surface area (Å²) < 4.78 is 0. The summed E-state index contributed by atoms with van der Waals surface area (Å²) >= 11 is 1.84. The van der Waals surface area contributed by atoms with Crippen LogP contribution < -0.4 is 5.32 Å². The molecule has 0 spiro atoms. The van der Waals surface area contributed by atoms with Crippen LogP contribution in [0.3, 0.4) is 0 Å². The second-order valence-corrected chi connectivity index (χ2v) is 7.54. The third-order valence-electron chi connectivity index (χ3n) is 3.77. The van der Waals surface area contributed by atoms with Crippen LogP contribution in [0.1, 0.15) is 44.9 Å². The molecule has 0 bridgehead atoms. The van der Waals surface area contributed by atoms with Crippen LogP contribution in [0.25, 0.3) is 0 Å². The van der Waals surface area contributed by atoms with Gasteiger partial charge < -0.3 is 5.32 Å². The average Bonchev–Trinajstić information content (AvgIpc) is 2.46. The highest BCUT2D eigenvalue weighted by atomic mass is 32.2. The van der Waals surface area contributed by atoms with Crippen molar-refractivity contribution in [3.8, 4) is 0 Å². The number of nitrogens with one attached hydrogen (secondary N) is 1. The summed E-state index contributed by atoms with van der Waals surface area (Å²) in [6.07, 6.45) is 0. The number of hydrogen-bond donors (Lipinski definition) is 1. The van der Waals surface area contributed by atoms with Gasteiger partial charge in [-0.2, -0.15) is 0 Å². The van der Waals surface area contributed by atoms with E-state index in [1.807, 2.05) is 18.8 Å². The van der Waals surface area contributed by atoms with E-state index in [2.05, 4.69) is 81.5 Å². The number of hydrogen-bond acceptors (Lipinski definition) is 2. The number of rotatable bonds is 4. The zero-order valence-corrected chi connectivity index (χ0v) is 14.4. The van der Waals surface area contributed by atoms with Gasteiger partial charge in [0.05, 0.1) is 0 Å². The molecule has 2 aromatic rings. The molecule has 2 aromatic carbocycles. The molecule has 1 atom stereocenters. The van der Waals surface area contributed by atoms with Crippen LogP contribution in [0.5, 0.6) is 0 Å². The normalized spacial score (nSPS) is 13.2. The van der Waals surface area contributed by atoms with Crippen LogP contribution in [-0.2, 0) is 5.41 Å². The number of benzene rings is 2. The minimum Gasteiger partial charge on any atom is -0.313 e. The van der Waals surface area contributed by atoms with Gasteiger partial charge in [0.15, 0.2) is 0 Å². The summed E-state index contributed by atoms with van der Waals surface area (Å²) in [7, 11) is 2.00. The monoisotopic (exact) mass is 299 g/mol. The Labute approximate surface area is 133 Å². The van der Waals surface area contributed by atoms with E-state index in [0.717, 1.165) is 0 Å². The van der Waals surface area contributed by atoms with Gasteiger partial charge in [-0.05, 0) is 48.7 Å². The molecule has 0 fully saturated rings. The Morgan fingerprint density at radius 1 is 0.952 bits per heavy atom. The SMILES string of the molecule is CNC(C)c1ccccc1Sc1ccc(C(C)(C)C)cc1. The Hall–Kier alpha value is -1.25. The van der Waals surface area contributed by atoms with E-state index in [9.17, 15) is 0 Å². The highest BCUT2D eigenvalue weighted by Crippen LogP contribution is 2.34. The Balaban J connectivity index is 2.23. The molecule has 0 aliphatic rings. The van der Waals surface area contributed by atoms with Gasteiger partial charge >= 0.3 is 0 Å². The maximum absolute atomic E-state index is 3.32. The van der Waals surface area contributed by atoms with Gasteiger partial charge in [0, 0.05) is 15.8 Å². The van der Waals surface area contributed by atoms with Crippen molar-refractivity contribution in [1.29, 1.82) is 0 Å². The fourth-order valence-electron chi connectivity index (χ4n) is 2.24. The molecular weight excluding hydrogens is 274 g/mol. The summed E-state index contributed by atoms with van der Waals surface area (Å²) in [5.74, 6) is 0. The molecule has 2 rings (SSSR count). The first-order valence-electron chi connectivity index (χ1n) is 7.46. The molecule has 0 aromatic heterocycles. The molecule has 0 aliphatic carbocycles. The smallest absolute Gasteiger partial charge is 0.0300 e. The molecule has 0 saturated carbocycles. The average molecular weight is 299 g/mol. The lowest BCUT2D eigenvalue weighted by molar-refractivity contribution is 0.590. The van der Waals surface area contributed by atoms with Crippen molar-refractivity contribution < 1.29 is 0 Å². The van der Waals surface area contributed by atoms with E-state index in [-0.39, 0.29) is 5.41 Å². The van der Waals surface area contributed by atoms with E-state index >= 15 is 0 Å². The highest BCUT2D eigenvalue weighted by Gasteiger charge is 2.14. The first-order valence-corrected chi connectivity index (χ1v) is 8.28. The third kappa shape index (κ3) is 4.12. The second kappa shape index (κ2) is 6.67. The van der Waals surface area contributed by atoms with Crippen molar-refractivity contribution in [1.82, 2.24) is 5.32 Å². The lowest BCUT2D eigenvalue weighted by atomic mass is 9.87. The van der Waals surface area contributed by atoms with Gasteiger partial charge in [0.25, 0.3) is 0 Å². The third-order valence-corrected chi connectivity index (χ3v) is 4.87. The fraction of sp³-hybridized carbons (Fsp3) is 0.368. The van der Waals surface area contributed by atoms with Crippen LogP contribution in [0.4, 0.5) is 0 Å². The Kier molecular flexibility index (Phi) is 5.13. The van der Waals surface area contributed by atoms with E-state index in [1.54, 1.807) is 0 Å². The van der Waals surface area contributed by atoms with Crippen molar-refractivity contribution in [3.63, 3.8) is 0 Å². The molecule has 0 amide bonds. The molecule has 0 heterocycles. The van der Waals surface area contributed by atoms with Crippen molar-refractivity contribution in [3.05, 3.63) is 59.7 Å². The van der Waals surface area contributed by atoms with Gasteiger partial charge in [-0.15, -0.1) is 0 Å². The van der Waals surface area contributed by atoms with Gasteiger partial charge in [-0.3, -0.25) is 0 Å². The van der Waals surface area contributed by atoms with Gasteiger partial charge in [0.1, 0.15) is 0 Å². The minimum atomic E-state index is 0.210. The Morgan fingerprint density at radius 3 is 2.14 bits per heavy atom. The zero-order chi connectivity index (χ0) is 15.5. The molecule has 112 valence electrons. The molecular formula is C19H25NS.